The number of anilines is 1. The number of halogens is 2. The normalized spacial score (nSPS) is 10.3. The maximum atomic E-state index is 12.8. The van der Waals surface area contributed by atoms with Crippen LogP contribution in [0.1, 0.15) is 23.7 Å². The molecule has 7 nitrogen and oxygen atoms in total. The van der Waals surface area contributed by atoms with E-state index in [0.717, 1.165) is 6.42 Å². The minimum atomic E-state index is -0.389. The Hall–Kier alpha value is -2.45. The van der Waals surface area contributed by atoms with Crippen LogP contribution in [0.4, 0.5) is 5.69 Å². The number of hydrogen-bond acceptors (Lipinski definition) is 5. The first-order valence-corrected chi connectivity index (χ1v) is 10.4. The third-order valence-corrected chi connectivity index (χ3v) is 4.91. The number of rotatable bonds is 9. The number of nitrogens with zero attached hydrogens (tertiary/aromatic N) is 1. The highest BCUT2D eigenvalue weighted by Crippen LogP contribution is 2.37. The summed E-state index contributed by atoms with van der Waals surface area (Å²) in [5, 5.41) is 3.17. The lowest BCUT2D eigenvalue weighted by molar-refractivity contribution is -0.116. The van der Waals surface area contributed by atoms with Gasteiger partial charge in [0.15, 0.2) is 11.5 Å². The van der Waals surface area contributed by atoms with E-state index < -0.39 is 0 Å². The quantitative estimate of drug-likeness (QED) is 0.545. The van der Waals surface area contributed by atoms with Crippen molar-refractivity contribution in [3.63, 3.8) is 0 Å². The van der Waals surface area contributed by atoms with Crippen LogP contribution in [0.2, 0.25) is 5.02 Å². The molecule has 0 unspecified atom stereocenters. The molecule has 0 atom stereocenters. The van der Waals surface area contributed by atoms with Crippen LogP contribution in [0.3, 0.4) is 0 Å². The number of carbonyl (C=O) groups excluding carboxylic acids is 2. The molecule has 162 valence electrons. The molecule has 2 aromatic carbocycles. The monoisotopic (exact) mass is 498 g/mol. The van der Waals surface area contributed by atoms with Crippen LogP contribution in [-0.4, -0.2) is 51.1 Å². The number of likely N-dealkylation sites (N-methyl/N-ethyl adjacent to an activating group) is 1. The second-order valence-electron chi connectivity index (χ2n) is 6.39. The molecule has 9 heteroatoms. The Bertz CT molecular complexity index is 923. The summed E-state index contributed by atoms with van der Waals surface area (Å²) in [6.07, 6.45) is 0.839. The molecule has 0 saturated carbocycles. The predicted molar refractivity (Wildman–Crippen MR) is 120 cm³/mol. The van der Waals surface area contributed by atoms with E-state index in [0.29, 0.717) is 44.6 Å². The number of ether oxygens (including phenoxy) is 3. The van der Waals surface area contributed by atoms with Gasteiger partial charge in [0.25, 0.3) is 5.91 Å². The smallest absolute Gasteiger partial charge is 0.254 e. The summed E-state index contributed by atoms with van der Waals surface area (Å²) in [5.41, 5.74) is 0.788. The van der Waals surface area contributed by atoms with Crippen molar-refractivity contribution in [2.45, 2.75) is 13.3 Å². The summed E-state index contributed by atoms with van der Waals surface area (Å²) < 4.78 is 16.9. The molecule has 0 aliphatic carbocycles. The number of carbonyl (C=O) groups is 2. The molecule has 2 aromatic rings. The van der Waals surface area contributed by atoms with Crippen molar-refractivity contribution in [2.75, 3.05) is 39.7 Å². The Balaban J connectivity index is 2.13. The molecule has 0 aliphatic rings. The predicted octanol–water partition coefficient (Wildman–Crippen LogP) is 4.62. The fourth-order valence-corrected chi connectivity index (χ4v) is 3.39. The second-order valence-corrected chi connectivity index (χ2v) is 7.68. The number of nitrogens with one attached hydrogen (secondary N) is 1. The Kier molecular flexibility index (Phi) is 8.80. The first-order chi connectivity index (χ1) is 14.3. The van der Waals surface area contributed by atoms with E-state index in [2.05, 4.69) is 21.2 Å². The van der Waals surface area contributed by atoms with Crippen LogP contribution in [0.5, 0.6) is 17.2 Å². The molecular weight excluding hydrogens is 476 g/mol. The summed E-state index contributed by atoms with van der Waals surface area (Å²) in [4.78, 5) is 26.6. The summed E-state index contributed by atoms with van der Waals surface area (Å²) in [7, 11) is 4.54. The molecule has 0 aromatic heterocycles. The van der Waals surface area contributed by atoms with Crippen LogP contribution in [-0.2, 0) is 4.79 Å². The Labute approximate surface area is 189 Å². The standard InChI is InChI=1S/C21H24BrClN2O5/c1-5-8-30-20-15(22)9-13(10-18(20)29-4)21(27)25(2)12-19(26)24-16-11-14(23)6-7-17(16)28-3/h6-7,9-11H,5,8,12H2,1-4H3,(H,24,26). The van der Waals surface area contributed by atoms with E-state index in [1.54, 1.807) is 37.4 Å². The van der Waals surface area contributed by atoms with Crippen molar-refractivity contribution in [1.82, 2.24) is 4.90 Å². The minimum absolute atomic E-state index is 0.164. The zero-order valence-electron chi connectivity index (χ0n) is 17.3. The number of methoxy groups -OCH3 is 2. The summed E-state index contributed by atoms with van der Waals surface area (Å²) >= 11 is 9.41. The summed E-state index contributed by atoms with van der Waals surface area (Å²) in [6.45, 7) is 2.36. The average Bonchev–Trinajstić information content (AvgIpc) is 2.71. The van der Waals surface area contributed by atoms with Gasteiger partial charge in [-0.05, 0) is 52.7 Å². The zero-order chi connectivity index (χ0) is 22.3. The van der Waals surface area contributed by atoms with E-state index in [1.165, 1.54) is 19.1 Å². The fraction of sp³-hybridized carbons (Fsp3) is 0.333. The molecule has 0 radical (unpaired) electrons. The van der Waals surface area contributed by atoms with Gasteiger partial charge in [-0.1, -0.05) is 18.5 Å². The van der Waals surface area contributed by atoms with Gasteiger partial charge in [-0.15, -0.1) is 0 Å². The molecule has 0 fully saturated rings. The highest BCUT2D eigenvalue weighted by Gasteiger charge is 2.20. The molecule has 2 amide bonds. The van der Waals surface area contributed by atoms with Gasteiger partial charge >= 0.3 is 0 Å². The number of amides is 2. The lowest BCUT2D eigenvalue weighted by Gasteiger charge is -2.19. The van der Waals surface area contributed by atoms with Gasteiger partial charge in [-0.3, -0.25) is 9.59 Å². The van der Waals surface area contributed by atoms with Crippen molar-refractivity contribution in [2.24, 2.45) is 0 Å². The van der Waals surface area contributed by atoms with Gasteiger partial charge in [0, 0.05) is 17.6 Å². The molecule has 0 spiro atoms. The van der Waals surface area contributed by atoms with E-state index in [9.17, 15) is 9.59 Å². The highest BCUT2D eigenvalue weighted by atomic mass is 79.9. The third-order valence-electron chi connectivity index (χ3n) is 4.09. The maximum Gasteiger partial charge on any atom is 0.254 e. The fourth-order valence-electron chi connectivity index (χ4n) is 2.66. The van der Waals surface area contributed by atoms with Crippen LogP contribution < -0.4 is 19.5 Å². The first kappa shape index (κ1) is 23.8. The Morgan fingerprint density at radius 3 is 2.47 bits per heavy atom. The summed E-state index contributed by atoms with van der Waals surface area (Å²) in [6, 6.07) is 8.12. The van der Waals surface area contributed by atoms with Crippen molar-refractivity contribution in [3.05, 3.63) is 45.4 Å². The number of hydrogen-bond donors (Lipinski definition) is 1. The molecule has 0 aliphatic heterocycles. The van der Waals surface area contributed by atoms with Gasteiger partial charge < -0.3 is 24.4 Å². The average molecular weight is 500 g/mol. The molecule has 0 bridgehead atoms. The van der Waals surface area contributed by atoms with Crippen LogP contribution >= 0.6 is 27.5 Å². The van der Waals surface area contributed by atoms with E-state index in [-0.39, 0.29) is 18.4 Å². The van der Waals surface area contributed by atoms with Crippen molar-refractivity contribution in [1.29, 1.82) is 0 Å². The number of benzene rings is 2. The Morgan fingerprint density at radius 1 is 1.13 bits per heavy atom. The zero-order valence-corrected chi connectivity index (χ0v) is 19.6. The van der Waals surface area contributed by atoms with Gasteiger partial charge in [0.1, 0.15) is 5.75 Å². The van der Waals surface area contributed by atoms with Gasteiger partial charge in [-0.2, -0.15) is 0 Å². The largest absolute Gasteiger partial charge is 0.495 e. The van der Waals surface area contributed by atoms with Crippen molar-refractivity contribution >= 4 is 45.0 Å². The van der Waals surface area contributed by atoms with Crippen LogP contribution in [0.25, 0.3) is 0 Å². The highest BCUT2D eigenvalue weighted by molar-refractivity contribution is 9.10. The van der Waals surface area contributed by atoms with Crippen molar-refractivity contribution in [3.8, 4) is 17.2 Å². The molecule has 30 heavy (non-hydrogen) atoms. The maximum absolute atomic E-state index is 12.8. The van der Waals surface area contributed by atoms with Gasteiger partial charge in [0.05, 0.1) is 37.5 Å². The molecule has 0 saturated heterocycles. The molecule has 2 rings (SSSR count). The molecular formula is C21H24BrClN2O5. The summed E-state index contributed by atoms with van der Waals surface area (Å²) in [5.74, 6) is 0.703. The van der Waals surface area contributed by atoms with Crippen molar-refractivity contribution < 1.29 is 23.8 Å². The van der Waals surface area contributed by atoms with E-state index in [4.69, 9.17) is 25.8 Å². The van der Waals surface area contributed by atoms with Crippen LogP contribution in [0, 0.1) is 0 Å². The topological polar surface area (TPSA) is 77.1 Å². The van der Waals surface area contributed by atoms with E-state index >= 15 is 0 Å². The SMILES string of the molecule is CCCOc1c(Br)cc(C(=O)N(C)CC(=O)Nc2cc(Cl)ccc2OC)cc1OC. The molecule has 1 N–H and O–H groups in total. The van der Waals surface area contributed by atoms with Gasteiger partial charge in [0.2, 0.25) is 5.91 Å². The lowest BCUT2D eigenvalue weighted by atomic mass is 10.1. The second kappa shape index (κ2) is 11.1. The lowest BCUT2D eigenvalue weighted by Crippen LogP contribution is -2.35. The van der Waals surface area contributed by atoms with E-state index in [1.807, 2.05) is 6.92 Å². The Morgan fingerprint density at radius 2 is 1.83 bits per heavy atom. The third kappa shape index (κ3) is 6.03. The van der Waals surface area contributed by atoms with Gasteiger partial charge in [-0.25, -0.2) is 0 Å². The minimum Gasteiger partial charge on any atom is -0.495 e. The first-order valence-electron chi connectivity index (χ1n) is 9.19. The van der Waals surface area contributed by atoms with Crippen LogP contribution in [0.15, 0.2) is 34.8 Å². The molecule has 0 heterocycles.